The topological polar surface area (TPSA) is 49.4 Å². The molecular formula is C17H15ClN2O2. The molecule has 1 N–H and O–H groups in total. The number of rotatable bonds is 2. The number of carbonyl (C=O) groups is 2. The molecule has 0 radical (unpaired) electrons. The molecule has 1 aliphatic rings. The summed E-state index contributed by atoms with van der Waals surface area (Å²) in [4.78, 5) is 25.6. The van der Waals surface area contributed by atoms with E-state index >= 15 is 0 Å². The molecule has 1 aliphatic heterocycles. The Hall–Kier alpha value is -2.33. The highest BCUT2D eigenvalue weighted by molar-refractivity contribution is 6.30. The van der Waals surface area contributed by atoms with Crippen LogP contribution in [0.3, 0.4) is 0 Å². The van der Waals surface area contributed by atoms with Crippen molar-refractivity contribution in [3.05, 3.63) is 65.2 Å². The lowest BCUT2D eigenvalue weighted by atomic mass is 9.98. The van der Waals surface area contributed by atoms with Crippen LogP contribution in [0.15, 0.2) is 54.6 Å². The molecule has 1 atom stereocenters. The lowest BCUT2D eigenvalue weighted by molar-refractivity contribution is -0.125. The van der Waals surface area contributed by atoms with E-state index in [4.69, 9.17) is 11.6 Å². The van der Waals surface area contributed by atoms with E-state index in [9.17, 15) is 9.59 Å². The quantitative estimate of drug-likeness (QED) is 0.914. The third-order valence-electron chi connectivity index (χ3n) is 3.74. The molecule has 2 aromatic rings. The SMILES string of the molecule is O=C1CC(c2ccc(Cl)cc2)CN1C(=O)Nc1ccccc1. The normalized spacial score (nSPS) is 17.6. The van der Waals surface area contributed by atoms with E-state index in [1.165, 1.54) is 4.90 Å². The number of hydrogen-bond acceptors (Lipinski definition) is 2. The summed E-state index contributed by atoms with van der Waals surface area (Å²) in [5.74, 6) is -0.139. The fraction of sp³-hybridized carbons (Fsp3) is 0.176. The average molecular weight is 315 g/mol. The standard InChI is InChI=1S/C17H15ClN2O2/c18-14-8-6-12(7-9-14)13-10-16(21)20(11-13)17(22)19-15-4-2-1-3-5-15/h1-9,13H,10-11H2,(H,19,22). The van der Waals surface area contributed by atoms with Crippen molar-refractivity contribution in [2.45, 2.75) is 12.3 Å². The van der Waals surface area contributed by atoms with Gasteiger partial charge in [-0.25, -0.2) is 4.79 Å². The Morgan fingerprint density at radius 3 is 2.45 bits per heavy atom. The molecule has 1 fully saturated rings. The first kappa shape index (κ1) is 14.6. The van der Waals surface area contributed by atoms with Crippen molar-refractivity contribution in [2.75, 3.05) is 11.9 Å². The van der Waals surface area contributed by atoms with Crippen LogP contribution in [0.2, 0.25) is 5.02 Å². The fourth-order valence-corrected chi connectivity index (χ4v) is 2.70. The van der Waals surface area contributed by atoms with Gasteiger partial charge in [0.15, 0.2) is 0 Å². The molecule has 112 valence electrons. The molecule has 1 heterocycles. The van der Waals surface area contributed by atoms with E-state index < -0.39 is 0 Å². The van der Waals surface area contributed by atoms with Crippen LogP contribution in [0.4, 0.5) is 10.5 Å². The second-order valence-electron chi connectivity index (χ2n) is 5.25. The summed E-state index contributed by atoms with van der Waals surface area (Å²) in [6, 6.07) is 16.1. The third kappa shape index (κ3) is 3.12. The Morgan fingerprint density at radius 2 is 1.77 bits per heavy atom. The number of para-hydroxylation sites is 1. The fourth-order valence-electron chi connectivity index (χ4n) is 2.57. The molecule has 0 bridgehead atoms. The number of carbonyl (C=O) groups excluding carboxylic acids is 2. The first-order chi connectivity index (χ1) is 10.6. The summed E-state index contributed by atoms with van der Waals surface area (Å²) in [5.41, 5.74) is 1.70. The number of hydrogen-bond donors (Lipinski definition) is 1. The maximum absolute atomic E-state index is 12.2. The van der Waals surface area contributed by atoms with Crippen LogP contribution in [0.1, 0.15) is 17.9 Å². The van der Waals surface area contributed by atoms with Crippen molar-refractivity contribution in [2.24, 2.45) is 0 Å². The van der Waals surface area contributed by atoms with Gasteiger partial charge in [-0.05, 0) is 29.8 Å². The predicted octanol–water partition coefficient (Wildman–Crippen LogP) is 3.89. The van der Waals surface area contributed by atoms with Gasteiger partial charge in [-0.15, -0.1) is 0 Å². The highest BCUT2D eigenvalue weighted by Gasteiger charge is 2.34. The van der Waals surface area contributed by atoms with Gasteiger partial charge in [-0.1, -0.05) is 41.9 Å². The zero-order valence-corrected chi connectivity index (χ0v) is 12.6. The summed E-state index contributed by atoms with van der Waals surface area (Å²) in [6.45, 7) is 0.388. The van der Waals surface area contributed by atoms with E-state index in [0.29, 0.717) is 23.7 Å². The molecule has 3 amide bonds. The van der Waals surface area contributed by atoms with Gasteiger partial charge in [0.05, 0.1) is 0 Å². The Balaban J connectivity index is 1.69. The number of likely N-dealkylation sites (tertiary alicyclic amines) is 1. The van der Waals surface area contributed by atoms with Crippen molar-refractivity contribution in [3.8, 4) is 0 Å². The van der Waals surface area contributed by atoms with Crippen LogP contribution < -0.4 is 5.32 Å². The number of nitrogens with one attached hydrogen (secondary N) is 1. The zero-order valence-electron chi connectivity index (χ0n) is 11.8. The van der Waals surface area contributed by atoms with Gasteiger partial charge in [-0.2, -0.15) is 0 Å². The smallest absolute Gasteiger partial charge is 0.307 e. The Kier molecular flexibility index (Phi) is 4.11. The zero-order chi connectivity index (χ0) is 15.5. The van der Waals surface area contributed by atoms with Crippen LogP contribution in [0.5, 0.6) is 0 Å². The Bertz CT molecular complexity index is 686. The number of urea groups is 1. The monoisotopic (exact) mass is 314 g/mol. The van der Waals surface area contributed by atoms with Crippen molar-refractivity contribution in [3.63, 3.8) is 0 Å². The second kappa shape index (κ2) is 6.20. The summed E-state index contributed by atoms with van der Waals surface area (Å²) < 4.78 is 0. The maximum Gasteiger partial charge on any atom is 0.328 e. The minimum Gasteiger partial charge on any atom is -0.307 e. The minimum atomic E-state index is -0.382. The van der Waals surface area contributed by atoms with Gasteiger partial charge < -0.3 is 5.32 Å². The maximum atomic E-state index is 12.2. The van der Waals surface area contributed by atoms with Crippen LogP contribution in [-0.2, 0) is 4.79 Å². The molecule has 0 aliphatic carbocycles. The minimum absolute atomic E-state index is 0.0197. The van der Waals surface area contributed by atoms with E-state index in [1.807, 2.05) is 30.3 Å². The summed E-state index contributed by atoms with van der Waals surface area (Å²) in [5, 5.41) is 3.40. The first-order valence-corrected chi connectivity index (χ1v) is 7.43. The molecule has 1 unspecified atom stereocenters. The summed E-state index contributed by atoms with van der Waals surface area (Å²) >= 11 is 5.87. The lowest BCUT2D eigenvalue weighted by Gasteiger charge is -2.16. The van der Waals surface area contributed by atoms with Gasteiger partial charge in [0.1, 0.15) is 0 Å². The average Bonchev–Trinajstić information content (AvgIpc) is 2.91. The van der Waals surface area contributed by atoms with Crippen LogP contribution in [0, 0.1) is 0 Å². The molecule has 22 heavy (non-hydrogen) atoms. The first-order valence-electron chi connectivity index (χ1n) is 7.05. The molecule has 1 saturated heterocycles. The number of imide groups is 1. The second-order valence-corrected chi connectivity index (χ2v) is 5.69. The number of amides is 3. The third-order valence-corrected chi connectivity index (χ3v) is 3.99. The van der Waals surface area contributed by atoms with Crippen molar-refractivity contribution >= 4 is 29.2 Å². The van der Waals surface area contributed by atoms with Crippen molar-refractivity contribution in [1.82, 2.24) is 4.90 Å². The highest BCUT2D eigenvalue weighted by atomic mass is 35.5. The van der Waals surface area contributed by atoms with Gasteiger partial charge in [0, 0.05) is 29.6 Å². The van der Waals surface area contributed by atoms with E-state index in [-0.39, 0.29) is 17.9 Å². The lowest BCUT2D eigenvalue weighted by Crippen LogP contribution is -2.36. The number of halogens is 1. The van der Waals surface area contributed by atoms with Gasteiger partial charge in [0.25, 0.3) is 0 Å². The van der Waals surface area contributed by atoms with Crippen molar-refractivity contribution in [1.29, 1.82) is 0 Å². The summed E-state index contributed by atoms with van der Waals surface area (Å²) in [7, 11) is 0. The Labute approximate surface area is 133 Å². The van der Waals surface area contributed by atoms with Crippen LogP contribution in [-0.4, -0.2) is 23.4 Å². The molecule has 0 spiro atoms. The van der Waals surface area contributed by atoms with E-state index in [0.717, 1.165) is 5.56 Å². The highest BCUT2D eigenvalue weighted by Crippen LogP contribution is 2.29. The number of nitrogens with zero attached hydrogens (tertiary/aromatic N) is 1. The molecule has 5 heteroatoms. The molecule has 2 aromatic carbocycles. The van der Waals surface area contributed by atoms with Gasteiger partial charge >= 0.3 is 6.03 Å². The Morgan fingerprint density at radius 1 is 1.09 bits per heavy atom. The van der Waals surface area contributed by atoms with E-state index in [2.05, 4.69) is 5.32 Å². The predicted molar refractivity (Wildman–Crippen MR) is 86.0 cm³/mol. The number of anilines is 1. The molecule has 0 saturated carbocycles. The van der Waals surface area contributed by atoms with Gasteiger partial charge in [-0.3, -0.25) is 9.69 Å². The van der Waals surface area contributed by atoms with E-state index in [1.54, 1.807) is 24.3 Å². The van der Waals surface area contributed by atoms with Crippen LogP contribution >= 0.6 is 11.6 Å². The molecular weight excluding hydrogens is 300 g/mol. The van der Waals surface area contributed by atoms with Crippen LogP contribution in [0.25, 0.3) is 0 Å². The molecule has 3 rings (SSSR count). The van der Waals surface area contributed by atoms with Gasteiger partial charge in [0.2, 0.25) is 5.91 Å². The molecule has 4 nitrogen and oxygen atoms in total. The van der Waals surface area contributed by atoms with Crippen molar-refractivity contribution < 1.29 is 9.59 Å². The number of benzene rings is 2. The summed E-state index contributed by atoms with van der Waals surface area (Å²) in [6.07, 6.45) is 0.337. The molecule has 0 aromatic heterocycles. The largest absolute Gasteiger partial charge is 0.328 e.